The summed E-state index contributed by atoms with van der Waals surface area (Å²) in [5.41, 5.74) is 3.45. The number of Topliss-reactive ketones (excluding diaryl/α,β-unsaturated/α-hetero) is 1. The Labute approximate surface area is 179 Å². The van der Waals surface area contributed by atoms with E-state index in [1.165, 1.54) is 17.2 Å². The van der Waals surface area contributed by atoms with Crippen LogP contribution in [0.15, 0.2) is 54.9 Å². The smallest absolute Gasteiger partial charge is 0.226 e. The summed E-state index contributed by atoms with van der Waals surface area (Å²) in [6, 6.07) is 11.8. The molecule has 0 bridgehead atoms. The van der Waals surface area contributed by atoms with Gasteiger partial charge in [0.25, 0.3) is 0 Å². The van der Waals surface area contributed by atoms with Crippen LogP contribution in [-0.2, 0) is 11.2 Å². The first-order valence-electron chi connectivity index (χ1n) is 9.55. The van der Waals surface area contributed by atoms with Crippen molar-refractivity contribution in [2.75, 3.05) is 11.9 Å². The molecule has 0 saturated heterocycles. The quantitative estimate of drug-likeness (QED) is 0.389. The molecule has 5 nitrogen and oxygen atoms in total. The van der Waals surface area contributed by atoms with Gasteiger partial charge in [0, 0.05) is 37.8 Å². The fourth-order valence-electron chi connectivity index (χ4n) is 3.00. The van der Waals surface area contributed by atoms with Crippen LogP contribution in [-0.4, -0.2) is 28.7 Å². The summed E-state index contributed by atoms with van der Waals surface area (Å²) in [6.07, 6.45) is 4.18. The highest BCUT2D eigenvalue weighted by atomic mass is 35.5. The average Bonchev–Trinajstić information content (AvgIpc) is 2.77. The molecule has 0 N–H and O–H groups in total. The highest BCUT2D eigenvalue weighted by Gasteiger charge is 2.14. The molecule has 0 aliphatic heterocycles. The lowest BCUT2D eigenvalue weighted by molar-refractivity contribution is -0.118. The summed E-state index contributed by atoms with van der Waals surface area (Å²) in [4.78, 5) is 33.7. The normalized spacial score (nSPS) is 10.7. The number of nitrogens with zero attached hydrogens (tertiary/aromatic N) is 3. The number of ketones is 1. The van der Waals surface area contributed by atoms with Crippen molar-refractivity contribution in [1.82, 2.24) is 9.97 Å². The van der Waals surface area contributed by atoms with Crippen LogP contribution in [0.5, 0.6) is 0 Å². The van der Waals surface area contributed by atoms with Crippen molar-refractivity contribution in [2.45, 2.75) is 26.2 Å². The molecule has 1 aromatic carbocycles. The van der Waals surface area contributed by atoms with E-state index >= 15 is 0 Å². The van der Waals surface area contributed by atoms with Crippen LogP contribution in [0, 0.1) is 5.95 Å². The van der Waals surface area contributed by atoms with Crippen molar-refractivity contribution in [3.8, 4) is 11.1 Å². The van der Waals surface area contributed by atoms with E-state index in [-0.39, 0.29) is 18.1 Å². The zero-order chi connectivity index (χ0) is 21.7. The predicted molar refractivity (Wildman–Crippen MR) is 115 cm³/mol. The van der Waals surface area contributed by atoms with Gasteiger partial charge >= 0.3 is 0 Å². The van der Waals surface area contributed by atoms with Gasteiger partial charge in [0.1, 0.15) is 5.69 Å². The van der Waals surface area contributed by atoms with Crippen LogP contribution < -0.4 is 4.90 Å². The Kier molecular flexibility index (Phi) is 6.90. The number of pyridine rings is 2. The monoisotopic (exact) mass is 425 g/mol. The highest BCUT2D eigenvalue weighted by molar-refractivity contribution is 6.34. The maximum absolute atomic E-state index is 12.9. The van der Waals surface area contributed by atoms with Crippen molar-refractivity contribution in [2.24, 2.45) is 0 Å². The molecule has 0 aliphatic carbocycles. The van der Waals surface area contributed by atoms with Crippen molar-refractivity contribution in [3.05, 3.63) is 77.1 Å². The van der Waals surface area contributed by atoms with E-state index in [2.05, 4.69) is 9.97 Å². The molecule has 1 amide bonds. The van der Waals surface area contributed by atoms with Crippen LogP contribution in [0.4, 0.5) is 10.1 Å². The Bertz CT molecular complexity index is 1050. The second kappa shape index (κ2) is 9.59. The van der Waals surface area contributed by atoms with E-state index < -0.39 is 5.95 Å². The molecular weight excluding hydrogens is 405 g/mol. The second-order valence-electron chi connectivity index (χ2n) is 6.82. The molecule has 154 valence electrons. The molecule has 0 saturated carbocycles. The number of hydrogen-bond donors (Lipinski definition) is 0. The van der Waals surface area contributed by atoms with E-state index in [0.717, 1.165) is 16.7 Å². The van der Waals surface area contributed by atoms with Crippen LogP contribution in [0.25, 0.3) is 11.1 Å². The first-order valence-corrected chi connectivity index (χ1v) is 9.93. The van der Waals surface area contributed by atoms with E-state index in [1.54, 1.807) is 44.4 Å². The highest BCUT2D eigenvalue weighted by Crippen LogP contribution is 2.31. The Balaban J connectivity index is 1.69. The summed E-state index contributed by atoms with van der Waals surface area (Å²) in [5, 5.41) is 0.463. The lowest BCUT2D eigenvalue weighted by Gasteiger charge is -2.18. The minimum atomic E-state index is -0.543. The average molecular weight is 426 g/mol. The molecule has 0 fully saturated rings. The Morgan fingerprint density at radius 2 is 1.80 bits per heavy atom. The number of amides is 1. The number of carbonyl (C=O) groups is 2. The minimum Gasteiger partial charge on any atom is -0.314 e. The van der Waals surface area contributed by atoms with Crippen LogP contribution in [0.3, 0.4) is 0 Å². The summed E-state index contributed by atoms with van der Waals surface area (Å²) in [5.74, 6) is -0.663. The topological polar surface area (TPSA) is 63.2 Å². The minimum absolute atomic E-state index is 0.0226. The molecule has 3 aromatic rings. The lowest BCUT2D eigenvalue weighted by Crippen LogP contribution is -2.25. The third-order valence-electron chi connectivity index (χ3n) is 4.80. The molecule has 0 unspecified atom stereocenters. The predicted octanol–water partition coefficient (Wildman–Crippen LogP) is 5.12. The molecule has 0 radical (unpaired) electrons. The van der Waals surface area contributed by atoms with Crippen molar-refractivity contribution >= 4 is 29.0 Å². The van der Waals surface area contributed by atoms with Gasteiger partial charge < -0.3 is 4.90 Å². The SMILES string of the molecule is CCC(=O)N(C)c1ccc(-c2ccc(C(=O)CCc3ccc(F)nc3)nc2)cc1Cl. The third-order valence-corrected chi connectivity index (χ3v) is 5.10. The van der Waals surface area contributed by atoms with Gasteiger partial charge in [0.2, 0.25) is 11.9 Å². The zero-order valence-corrected chi connectivity index (χ0v) is 17.5. The van der Waals surface area contributed by atoms with Crippen LogP contribution >= 0.6 is 11.6 Å². The molecule has 3 rings (SSSR count). The van der Waals surface area contributed by atoms with Gasteiger partial charge in [-0.05, 0) is 41.8 Å². The molecule has 2 heterocycles. The first-order chi connectivity index (χ1) is 14.4. The first kappa shape index (κ1) is 21.6. The largest absolute Gasteiger partial charge is 0.314 e. The molecular formula is C23H21ClFN3O2. The van der Waals surface area contributed by atoms with Gasteiger partial charge in [0.05, 0.1) is 10.7 Å². The summed E-state index contributed by atoms with van der Waals surface area (Å²) >= 11 is 6.37. The number of anilines is 1. The molecule has 7 heteroatoms. The van der Waals surface area contributed by atoms with E-state index in [0.29, 0.717) is 29.2 Å². The van der Waals surface area contributed by atoms with Gasteiger partial charge in [-0.1, -0.05) is 36.7 Å². The third kappa shape index (κ3) is 5.07. The van der Waals surface area contributed by atoms with Crippen molar-refractivity contribution in [3.63, 3.8) is 0 Å². The van der Waals surface area contributed by atoms with E-state index in [9.17, 15) is 14.0 Å². The van der Waals surface area contributed by atoms with Gasteiger partial charge in [-0.15, -0.1) is 0 Å². The molecule has 0 atom stereocenters. The second-order valence-corrected chi connectivity index (χ2v) is 7.22. The fraction of sp³-hybridized carbons (Fsp3) is 0.217. The summed E-state index contributed by atoms with van der Waals surface area (Å²) in [7, 11) is 1.69. The maximum atomic E-state index is 12.9. The number of aromatic nitrogens is 2. The zero-order valence-electron chi connectivity index (χ0n) is 16.7. The summed E-state index contributed by atoms with van der Waals surface area (Å²) in [6.45, 7) is 1.80. The molecule has 30 heavy (non-hydrogen) atoms. The standard InChI is InChI=1S/C23H21ClFN3O2/c1-3-23(30)28(2)20-9-7-16(12-18(20)24)17-6-8-19(26-14-17)21(29)10-4-15-5-11-22(25)27-13-15/h5-9,11-14H,3-4,10H2,1-2H3. The van der Waals surface area contributed by atoms with Crippen molar-refractivity contribution < 1.29 is 14.0 Å². The van der Waals surface area contributed by atoms with E-state index in [1.807, 2.05) is 12.1 Å². The number of benzene rings is 1. The molecule has 0 aliphatic rings. The number of halogens is 2. The van der Waals surface area contributed by atoms with Crippen LogP contribution in [0.1, 0.15) is 35.8 Å². The maximum Gasteiger partial charge on any atom is 0.226 e. The van der Waals surface area contributed by atoms with Gasteiger partial charge in [-0.25, -0.2) is 4.98 Å². The number of rotatable bonds is 7. The van der Waals surface area contributed by atoms with Crippen molar-refractivity contribution in [1.29, 1.82) is 0 Å². The number of aryl methyl sites for hydroxylation is 1. The Morgan fingerprint density at radius 3 is 2.40 bits per heavy atom. The lowest BCUT2D eigenvalue weighted by atomic mass is 10.0. The summed E-state index contributed by atoms with van der Waals surface area (Å²) < 4.78 is 12.9. The fourth-order valence-corrected chi connectivity index (χ4v) is 3.31. The molecule has 0 spiro atoms. The Morgan fingerprint density at radius 1 is 1.03 bits per heavy atom. The molecule has 2 aromatic heterocycles. The Hall–Kier alpha value is -3.12. The van der Waals surface area contributed by atoms with Crippen LogP contribution in [0.2, 0.25) is 5.02 Å². The van der Waals surface area contributed by atoms with Gasteiger partial charge in [-0.2, -0.15) is 4.39 Å². The van der Waals surface area contributed by atoms with Gasteiger partial charge in [-0.3, -0.25) is 14.6 Å². The van der Waals surface area contributed by atoms with Gasteiger partial charge in [0.15, 0.2) is 5.78 Å². The number of carbonyl (C=O) groups excluding carboxylic acids is 2. The van der Waals surface area contributed by atoms with E-state index in [4.69, 9.17) is 11.6 Å². The number of hydrogen-bond acceptors (Lipinski definition) is 4.